The van der Waals surface area contributed by atoms with Crippen LogP contribution in [0.25, 0.3) is 0 Å². The molecule has 0 aliphatic heterocycles. The van der Waals surface area contributed by atoms with Gasteiger partial charge < -0.3 is 20.4 Å². The van der Waals surface area contributed by atoms with Crippen LogP contribution in [0.4, 0.5) is 4.79 Å². The molecule has 0 saturated heterocycles. The van der Waals surface area contributed by atoms with Gasteiger partial charge in [-0.3, -0.25) is 0 Å². The van der Waals surface area contributed by atoms with Gasteiger partial charge in [0.15, 0.2) is 5.79 Å². The molecule has 5 nitrogen and oxygen atoms in total. The molecule has 0 aliphatic carbocycles. The molecule has 0 radical (unpaired) electrons. The summed E-state index contributed by atoms with van der Waals surface area (Å²) in [5, 5.41) is 32.6. The lowest BCUT2D eigenvalue weighted by Gasteiger charge is -2.19. The van der Waals surface area contributed by atoms with Gasteiger partial charge in [-0.1, -0.05) is 73.2 Å². The molecule has 2 aromatic carbocycles. The van der Waals surface area contributed by atoms with Crippen molar-refractivity contribution in [3.63, 3.8) is 0 Å². The lowest BCUT2D eigenvalue weighted by Crippen LogP contribution is -2.23. The molecule has 0 unspecified atom stereocenters. The summed E-state index contributed by atoms with van der Waals surface area (Å²) in [6.45, 7) is 3.81. The van der Waals surface area contributed by atoms with E-state index in [1.54, 1.807) is 31.2 Å². The molecule has 0 spiro atoms. The largest absolute Gasteiger partial charge is 0.503 e. The van der Waals surface area contributed by atoms with Gasteiger partial charge >= 0.3 is 6.16 Å². The molecule has 4 N–H and O–H groups in total. The smallest absolute Gasteiger partial charge is 0.450 e. The van der Waals surface area contributed by atoms with Gasteiger partial charge in [0.25, 0.3) is 0 Å². The predicted molar refractivity (Wildman–Crippen MR) is 84.7 cm³/mol. The summed E-state index contributed by atoms with van der Waals surface area (Å²) in [6, 6.07) is 19.1. The molecular weight excluding hydrogens is 284 g/mol. The number of carbonyl (C=O) groups is 1. The van der Waals surface area contributed by atoms with Crippen LogP contribution in [-0.2, 0) is 5.79 Å². The third-order valence-electron chi connectivity index (χ3n) is 2.67. The Bertz CT molecular complexity index is 519. The molecule has 0 bridgehead atoms. The fraction of sp³-hybridized carbons (Fsp3) is 0.235. The molecule has 120 valence electrons. The Kier molecular flexibility index (Phi) is 9.25. The Labute approximate surface area is 130 Å². The second kappa shape index (κ2) is 10.4. The Morgan fingerprint density at radius 3 is 1.55 bits per heavy atom. The van der Waals surface area contributed by atoms with E-state index in [0.29, 0.717) is 12.0 Å². The minimum Gasteiger partial charge on any atom is -0.450 e. The monoisotopic (exact) mass is 306 g/mol. The van der Waals surface area contributed by atoms with E-state index in [1.807, 2.05) is 24.3 Å². The topological polar surface area (TPSA) is 98.0 Å². The Hall–Kier alpha value is -2.37. The molecule has 2 aromatic rings. The Morgan fingerprint density at radius 1 is 0.909 bits per heavy atom. The van der Waals surface area contributed by atoms with Crippen molar-refractivity contribution in [3.05, 3.63) is 71.8 Å². The maximum absolute atomic E-state index is 9.35. The molecule has 0 atom stereocenters. The first-order chi connectivity index (χ1) is 10.3. The summed E-state index contributed by atoms with van der Waals surface area (Å²) in [5.41, 5.74) is 1.87. The molecule has 5 heteroatoms. The minimum absolute atomic E-state index is 0.303. The zero-order chi connectivity index (χ0) is 17.0. The summed E-state index contributed by atoms with van der Waals surface area (Å²) in [5.74, 6) is -1.67. The van der Waals surface area contributed by atoms with Crippen LogP contribution in [0.3, 0.4) is 0 Å². The van der Waals surface area contributed by atoms with Crippen molar-refractivity contribution in [1.29, 1.82) is 0 Å². The molecule has 0 amide bonds. The van der Waals surface area contributed by atoms with E-state index < -0.39 is 11.9 Å². The molecule has 0 aliphatic rings. The van der Waals surface area contributed by atoms with Crippen LogP contribution in [0.15, 0.2) is 60.7 Å². The highest BCUT2D eigenvalue weighted by atomic mass is 16.6. The van der Waals surface area contributed by atoms with Gasteiger partial charge in [-0.2, -0.15) is 0 Å². The molecule has 0 heterocycles. The molecular formula is C17H22O5. The van der Waals surface area contributed by atoms with Crippen molar-refractivity contribution in [2.45, 2.75) is 26.1 Å². The fourth-order valence-corrected chi connectivity index (χ4v) is 1.44. The zero-order valence-electron chi connectivity index (χ0n) is 12.7. The first kappa shape index (κ1) is 19.6. The lowest BCUT2D eigenvalue weighted by molar-refractivity contribution is -0.171. The van der Waals surface area contributed by atoms with Crippen LogP contribution in [0.2, 0.25) is 0 Å². The van der Waals surface area contributed by atoms with Gasteiger partial charge in [-0.15, -0.1) is 0 Å². The lowest BCUT2D eigenvalue weighted by atomic mass is 10.0. The highest BCUT2D eigenvalue weighted by molar-refractivity contribution is 5.53. The molecule has 22 heavy (non-hydrogen) atoms. The quantitative estimate of drug-likeness (QED) is 0.637. The maximum Gasteiger partial charge on any atom is 0.503 e. The van der Waals surface area contributed by atoms with E-state index in [2.05, 4.69) is 19.1 Å². The average molecular weight is 306 g/mol. The SMILES string of the molecule is CCC(O)(O)c1ccccc1.Cc1ccccc1.O=C(O)O. The Balaban J connectivity index is 0.000000343. The highest BCUT2D eigenvalue weighted by Gasteiger charge is 2.21. The van der Waals surface area contributed by atoms with E-state index in [4.69, 9.17) is 15.0 Å². The van der Waals surface area contributed by atoms with Crippen LogP contribution < -0.4 is 0 Å². The summed E-state index contributed by atoms with van der Waals surface area (Å²) in [4.78, 5) is 8.56. The van der Waals surface area contributed by atoms with Crippen LogP contribution in [0.5, 0.6) is 0 Å². The van der Waals surface area contributed by atoms with Crippen LogP contribution in [0, 0.1) is 6.92 Å². The van der Waals surface area contributed by atoms with Crippen LogP contribution in [-0.4, -0.2) is 26.6 Å². The van der Waals surface area contributed by atoms with E-state index in [9.17, 15) is 10.2 Å². The molecule has 0 aromatic heterocycles. The second-order valence-electron chi connectivity index (χ2n) is 4.47. The van der Waals surface area contributed by atoms with Crippen LogP contribution >= 0.6 is 0 Å². The minimum atomic E-state index is -1.83. The summed E-state index contributed by atoms with van der Waals surface area (Å²) < 4.78 is 0. The number of rotatable bonds is 2. The third-order valence-corrected chi connectivity index (χ3v) is 2.67. The van der Waals surface area contributed by atoms with Gasteiger partial charge in [0.05, 0.1) is 0 Å². The number of aryl methyl sites for hydroxylation is 1. The van der Waals surface area contributed by atoms with Crippen molar-refractivity contribution in [2.24, 2.45) is 0 Å². The third kappa shape index (κ3) is 9.52. The maximum atomic E-state index is 9.35. The van der Waals surface area contributed by atoms with Crippen molar-refractivity contribution < 1.29 is 25.2 Å². The van der Waals surface area contributed by atoms with Crippen molar-refractivity contribution in [2.75, 3.05) is 0 Å². The first-order valence-corrected chi connectivity index (χ1v) is 6.73. The highest BCUT2D eigenvalue weighted by Crippen LogP contribution is 2.20. The van der Waals surface area contributed by atoms with Gasteiger partial charge in [0, 0.05) is 12.0 Å². The Morgan fingerprint density at radius 2 is 1.27 bits per heavy atom. The standard InChI is InChI=1S/C9H12O2.C7H8.CH2O3/c1-2-9(10,11)8-6-4-3-5-7-8;1-7-5-3-2-4-6-7;2-1(3)4/h3-7,10-11H,2H2,1H3;2-6H,1H3;(H2,2,3,4). The summed E-state index contributed by atoms with van der Waals surface area (Å²) in [7, 11) is 0. The van der Waals surface area contributed by atoms with E-state index >= 15 is 0 Å². The normalized spacial score (nSPS) is 9.64. The van der Waals surface area contributed by atoms with E-state index in [-0.39, 0.29) is 0 Å². The number of hydrogen-bond donors (Lipinski definition) is 4. The summed E-state index contributed by atoms with van der Waals surface area (Å²) >= 11 is 0. The number of carboxylic acid groups (broad SMARTS) is 2. The second-order valence-corrected chi connectivity index (χ2v) is 4.47. The number of hydrogen-bond acceptors (Lipinski definition) is 3. The van der Waals surface area contributed by atoms with Gasteiger partial charge in [0.2, 0.25) is 0 Å². The van der Waals surface area contributed by atoms with Crippen LogP contribution in [0.1, 0.15) is 24.5 Å². The molecule has 0 fully saturated rings. The summed E-state index contributed by atoms with van der Waals surface area (Å²) in [6.07, 6.45) is -1.53. The van der Waals surface area contributed by atoms with Crippen molar-refractivity contribution >= 4 is 6.16 Å². The van der Waals surface area contributed by atoms with Gasteiger partial charge in [-0.05, 0) is 6.92 Å². The fourth-order valence-electron chi connectivity index (χ4n) is 1.44. The zero-order valence-corrected chi connectivity index (χ0v) is 12.7. The number of benzene rings is 2. The van der Waals surface area contributed by atoms with Gasteiger partial charge in [-0.25, -0.2) is 4.79 Å². The van der Waals surface area contributed by atoms with E-state index in [1.165, 1.54) is 5.56 Å². The first-order valence-electron chi connectivity index (χ1n) is 6.73. The number of aliphatic hydroxyl groups is 2. The van der Waals surface area contributed by atoms with Crippen molar-refractivity contribution in [3.8, 4) is 0 Å². The molecule has 2 rings (SSSR count). The molecule has 0 saturated carbocycles. The average Bonchev–Trinajstić information content (AvgIpc) is 2.49. The van der Waals surface area contributed by atoms with Gasteiger partial charge in [0.1, 0.15) is 0 Å². The predicted octanol–water partition coefficient (Wildman–Crippen LogP) is 3.45. The van der Waals surface area contributed by atoms with Crippen molar-refractivity contribution in [1.82, 2.24) is 0 Å². The van der Waals surface area contributed by atoms with E-state index in [0.717, 1.165) is 0 Å².